The van der Waals surface area contributed by atoms with Crippen LogP contribution in [0.2, 0.25) is 5.02 Å². The SMILES string of the molecule is N#Cc1cc(Br)cc(Nc2ccc(F)c(Cl)c2)c1. The topological polar surface area (TPSA) is 35.8 Å². The van der Waals surface area contributed by atoms with E-state index >= 15 is 0 Å². The summed E-state index contributed by atoms with van der Waals surface area (Å²) in [6.07, 6.45) is 0. The van der Waals surface area contributed by atoms with Gasteiger partial charge in [0.25, 0.3) is 0 Å². The van der Waals surface area contributed by atoms with Gasteiger partial charge < -0.3 is 5.32 Å². The number of halogens is 3. The van der Waals surface area contributed by atoms with Crippen LogP contribution in [-0.2, 0) is 0 Å². The first-order valence-electron chi connectivity index (χ1n) is 5.01. The maximum Gasteiger partial charge on any atom is 0.141 e. The summed E-state index contributed by atoms with van der Waals surface area (Å²) in [7, 11) is 0. The van der Waals surface area contributed by atoms with Crippen LogP contribution in [0, 0.1) is 17.1 Å². The molecule has 0 saturated heterocycles. The number of hydrogen-bond donors (Lipinski definition) is 1. The summed E-state index contributed by atoms with van der Waals surface area (Å²) in [5.41, 5.74) is 1.91. The standard InChI is InChI=1S/C13H7BrClFN2/c14-9-3-8(7-17)4-11(5-9)18-10-1-2-13(16)12(15)6-10/h1-6,18H. The van der Waals surface area contributed by atoms with Crippen molar-refractivity contribution >= 4 is 38.9 Å². The second kappa shape index (κ2) is 5.38. The molecule has 0 radical (unpaired) electrons. The van der Waals surface area contributed by atoms with Gasteiger partial charge in [-0.1, -0.05) is 27.5 Å². The molecule has 18 heavy (non-hydrogen) atoms. The summed E-state index contributed by atoms with van der Waals surface area (Å²) in [6.45, 7) is 0. The number of nitrogens with zero attached hydrogens (tertiary/aromatic N) is 1. The van der Waals surface area contributed by atoms with Gasteiger partial charge in [-0.2, -0.15) is 5.26 Å². The summed E-state index contributed by atoms with van der Waals surface area (Å²) < 4.78 is 13.8. The quantitative estimate of drug-likeness (QED) is 0.856. The van der Waals surface area contributed by atoms with Gasteiger partial charge in [0, 0.05) is 15.8 Å². The van der Waals surface area contributed by atoms with E-state index in [0.717, 1.165) is 10.2 Å². The zero-order valence-electron chi connectivity index (χ0n) is 9.05. The van der Waals surface area contributed by atoms with E-state index in [9.17, 15) is 4.39 Å². The molecular weight excluding hydrogens is 319 g/mol. The van der Waals surface area contributed by atoms with Gasteiger partial charge in [-0.15, -0.1) is 0 Å². The second-order valence-corrected chi connectivity index (χ2v) is 4.92. The van der Waals surface area contributed by atoms with E-state index in [2.05, 4.69) is 27.3 Å². The van der Waals surface area contributed by atoms with E-state index in [4.69, 9.17) is 16.9 Å². The minimum atomic E-state index is -0.464. The number of nitrogens with one attached hydrogen (secondary N) is 1. The van der Waals surface area contributed by atoms with E-state index in [1.54, 1.807) is 18.2 Å². The third-order valence-corrected chi connectivity index (χ3v) is 2.98. The van der Waals surface area contributed by atoms with Crippen LogP contribution < -0.4 is 5.32 Å². The third-order valence-electron chi connectivity index (χ3n) is 2.24. The second-order valence-electron chi connectivity index (χ2n) is 3.59. The summed E-state index contributed by atoms with van der Waals surface area (Å²) in [4.78, 5) is 0. The molecule has 2 rings (SSSR count). The first kappa shape index (κ1) is 12.9. The first-order chi connectivity index (χ1) is 8.58. The molecule has 0 aromatic heterocycles. The molecule has 0 unspecified atom stereocenters. The zero-order chi connectivity index (χ0) is 13.1. The van der Waals surface area contributed by atoms with Gasteiger partial charge in [-0.3, -0.25) is 0 Å². The van der Waals surface area contributed by atoms with Crippen molar-refractivity contribution in [2.75, 3.05) is 5.32 Å². The molecule has 0 aliphatic rings. The smallest absolute Gasteiger partial charge is 0.141 e. The van der Waals surface area contributed by atoms with Crippen molar-refractivity contribution in [3.05, 3.63) is 57.3 Å². The fourth-order valence-electron chi connectivity index (χ4n) is 1.47. The van der Waals surface area contributed by atoms with Crippen LogP contribution in [0.3, 0.4) is 0 Å². The Labute approximate surface area is 117 Å². The molecule has 0 saturated carbocycles. The van der Waals surface area contributed by atoms with Crippen LogP contribution >= 0.6 is 27.5 Å². The van der Waals surface area contributed by atoms with E-state index in [-0.39, 0.29) is 5.02 Å². The molecule has 2 nitrogen and oxygen atoms in total. The van der Waals surface area contributed by atoms with Gasteiger partial charge in [0.05, 0.1) is 16.7 Å². The number of hydrogen-bond acceptors (Lipinski definition) is 2. The molecule has 90 valence electrons. The Kier molecular flexibility index (Phi) is 3.85. The van der Waals surface area contributed by atoms with Gasteiger partial charge in [-0.05, 0) is 36.4 Å². The number of benzene rings is 2. The Morgan fingerprint density at radius 2 is 1.94 bits per heavy atom. The van der Waals surface area contributed by atoms with Crippen LogP contribution in [0.15, 0.2) is 40.9 Å². The molecule has 0 atom stereocenters. The van der Waals surface area contributed by atoms with Crippen molar-refractivity contribution < 1.29 is 4.39 Å². The Hall–Kier alpha value is -1.57. The minimum absolute atomic E-state index is 0.0514. The van der Waals surface area contributed by atoms with Gasteiger partial charge in [0.15, 0.2) is 0 Å². The lowest BCUT2D eigenvalue weighted by atomic mass is 10.2. The molecule has 0 amide bonds. The van der Waals surface area contributed by atoms with E-state index in [1.807, 2.05) is 6.07 Å². The molecule has 0 aliphatic heterocycles. The van der Waals surface area contributed by atoms with Crippen LogP contribution in [0.1, 0.15) is 5.56 Å². The average Bonchev–Trinajstić information content (AvgIpc) is 2.33. The van der Waals surface area contributed by atoms with Crippen molar-refractivity contribution in [2.24, 2.45) is 0 Å². The summed E-state index contributed by atoms with van der Waals surface area (Å²) in [5, 5.41) is 12.0. The van der Waals surface area contributed by atoms with Crippen molar-refractivity contribution in [1.29, 1.82) is 5.26 Å². The van der Waals surface area contributed by atoms with Gasteiger partial charge in [-0.25, -0.2) is 4.39 Å². The number of nitriles is 1. The van der Waals surface area contributed by atoms with Crippen molar-refractivity contribution in [1.82, 2.24) is 0 Å². The molecular formula is C13H7BrClFN2. The van der Waals surface area contributed by atoms with Crippen molar-refractivity contribution in [3.8, 4) is 6.07 Å². The highest BCUT2D eigenvalue weighted by Gasteiger charge is 2.03. The monoisotopic (exact) mass is 324 g/mol. The number of rotatable bonds is 2. The third kappa shape index (κ3) is 3.00. The lowest BCUT2D eigenvalue weighted by Gasteiger charge is -2.08. The van der Waals surface area contributed by atoms with Crippen LogP contribution in [0.25, 0.3) is 0 Å². The molecule has 0 heterocycles. The lowest BCUT2D eigenvalue weighted by Crippen LogP contribution is -1.92. The Morgan fingerprint density at radius 3 is 2.61 bits per heavy atom. The van der Waals surface area contributed by atoms with Crippen molar-refractivity contribution in [2.45, 2.75) is 0 Å². The molecule has 2 aromatic carbocycles. The van der Waals surface area contributed by atoms with Crippen LogP contribution in [0.4, 0.5) is 15.8 Å². The molecule has 5 heteroatoms. The maximum absolute atomic E-state index is 13.0. The maximum atomic E-state index is 13.0. The minimum Gasteiger partial charge on any atom is -0.355 e. The van der Waals surface area contributed by atoms with Gasteiger partial charge in [0.2, 0.25) is 0 Å². The van der Waals surface area contributed by atoms with Crippen LogP contribution in [-0.4, -0.2) is 0 Å². The Morgan fingerprint density at radius 1 is 1.17 bits per heavy atom. The summed E-state index contributed by atoms with van der Waals surface area (Å²) in [6, 6.07) is 11.6. The average molecular weight is 326 g/mol. The van der Waals surface area contributed by atoms with Gasteiger partial charge in [0.1, 0.15) is 5.82 Å². The molecule has 1 N–H and O–H groups in total. The zero-order valence-corrected chi connectivity index (χ0v) is 11.4. The first-order valence-corrected chi connectivity index (χ1v) is 6.18. The van der Waals surface area contributed by atoms with Gasteiger partial charge >= 0.3 is 0 Å². The van der Waals surface area contributed by atoms with E-state index in [1.165, 1.54) is 12.1 Å². The highest BCUT2D eigenvalue weighted by molar-refractivity contribution is 9.10. The predicted molar refractivity (Wildman–Crippen MR) is 73.5 cm³/mol. The highest BCUT2D eigenvalue weighted by Crippen LogP contribution is 2.25. The largest absolute Gasteiger partial charge is 0.355 e. The summed E-state index contributed by atoms with van der Waals surface area (Å²) >= 11 is 9.01. The van der Waals surface area contributed by atoms with Crippen molar-refractivity contribution in [3.63, 3.8) is 0 Å². The fourth-order valence-corrected chi connectivity index (χ4v) is 2.14. The fraction of sp³-hybridized carbons (Fsp3) is 0. The molecule has 0 bridgehead atoms. The number of anilines is 2. The van der Waals surface area contributed by atoms with Crippen LogP contribution in [0.5, 0.6) is 0 Å². The summed E-state index contributed by atoms with van der Waals surface area (Å²) in [5.74, 6) is -0.464. The molecule has 0 fully saturated rings. The molecule has 0 spiro atoms. The lowest BCUT2D eigenvalue weighted by molar-refractivity contribution is 0.628. The predicted octanol–water partition coefficient (Wildman–Crippen LogP) is 4.86. The molecule has 2 aromatic rings. The highest BCUT2D eigenvalue weighted by atomic mass is 79.9. The van der Waals surface area contributed by atoms with E-state index in [0.29, 0.717) is 11.3 Å². The Balaban J connectivity index is 2.31. The molecule has 0 aliphatic carbocycles. The van der Waals surface area contributed by atoms with E-state index < -0.39 is 5.82 Å². The Bertz CT molecular complexity index is 637. The normalized spacial score (nSPS) is 9.89.